The highest BCUT2D eigenvalue weighted by molar-refractivity contribution is 5.89. The van der Waals surface area contributed by atoms with Crippen molar-refractivity contribution in [1.29, 1.82) is 0 Å². The molecule has 0 bridgehead atoms. The molecule has 1 atom stereocenters. The van der Waals surface area contributed by atoms with Gasteiger partial charge in [-0.1, -0.05) is 42.5 Å². The first-order valence-corrected chi connectivity index (χ1v) is 11.8. The molecule has 4 aromatic rings. The Labute approximate surface area is 214 Å². The average Bonchev–Trinajstić information content (AvgIpc) is 3.48. The lowest BCUT2D eigenvalue weighted by atomic mass is 10.0. The van der Waals surface area contributed by atoms with Gasteiger partial charge in [-0.2, -0.15) is 4.80 Å². The molecule has 2 aromatic carbocycles. The highest BCUT2D eigenvalue weighted by Crippen LogP contribution is 2.26. The van der Waals surface area contributed by atoms with Crippen LogP contribution < -0.4 is 5.32 Å². The summed E-state index contributed by atoms with van der Waals surface area (Å²) in [6.45, 7) is 7.24. The van der Waals surface area contributed by atoms with Crippen molar-refractivity contribution < 1.29 is 18.4 Å². The maximum absolute atomic E-state index is 13.7. The number of nitrogens with one attached hydrogen (secondary N) is 1. The molecule has 4 rings (SSSR count). The smallest absolute Gasteiger partial charge is 0.247 e. The number of furan rings is 1. The van der Waals surface area contributed by atoms with Crippen LogP contribution in [0.1, 0.15) is 43.7 Å². The predicted molar refractivity (Wildman–Crippen MR) is 134 cm³/mol. The summed E-state index contributed by atoms with van der Waals surface area (Å²) in [4.78, 5) is 29.9. The molecule has 37 heavy (non-hydrogen) atoms. The van der Waals surface area contributed by atoms with Crippen molar-refractivity contribution in [2.75, 3.05) is 0 Å². The summed E-state index contributed by atoms with van der Waals surface area (Å²) in [7, 11) is 0. The molecule has 0 fully saturated rings. The summed E-state index contributed by atoms with van der Waals surface area (Å²) < 4.78 is 19.3. The standard InChI is InChI=1S/C27H29FN6O3/c1-18-10-15-22(37-18)25-30-32-34(31-25)17-23(35)33(16-19-8-6-5-7-9-19)24(26(36)29-27(2,3)4)20-11-13-21(28)14-12-20/h5-15,24H,16-17H2,1-4H3,(H,29,36). The van der Waals surface area contributed by atoms with E-state index in [0.717, 1.165) is 10.4 Å². The molecule has 0 saturated carbocycles. The zero-order valence-corrected chi connectivity index (χ0v) is 21.2. The van der Waals surface area contributed by atoms with E-state index < -0.39 is 23.3 Å². The third-order valence-corrected chi connectivity index (χ3v) is 5.45. The van der Waals surface area contributed by atoms with Gasteiger partial charge in [0.15, 0.2) is 5.76 Å². The topological polar surface area (TPSA) is 106 Å². The van der Waals surface area contributed by atoms with Gasteiger partial charge in [0, 0.05) is 12.1 Å². The third-order valence-electron chi connectivity index (χ3n) is 5.45. The monoisotopic (exact) mass is 504 g/mol. The zero-order chi connectivity index (χ0) is 26.6. The number of hydrogen-bond acceptors (Lipinski definition) is 6. The molecule has 1 unspecified atom stereocenters. The first-order valence-electron chi connectivity index (χ1n) is 11.8. The normalized spacial score (nSPS) is 12.2. The fourth-order valence-corrected chi connectivity index (χ4v) is 3.83. The maximum atomic E-state index is 13.7. The quantitative estimate of drug-likeness (QED) is 0.388. The Kier molecular flexibility index (Phi) is 7.47. The largest absolute Gasteiger partial charge is 0.458 e. The number of hydrogen-bond donors (Lipinski definition) is 1. The highest BCUT2D eigenvalue weighted by Gasteiger charge is 2.34. The Hall–Kier alpha value is -4.34. The summed E-state index contributed by atoms with van der Waals surface area (Å²) in [6, 6.07) is 17.4. The minimum Gasteiger partial charge on any atom is -0.458 e. The van der Waals surface area contributed by atoms with Crippen LogP contribution in [-0.2, 0) is 22.7 Å². The maximum Gasteiger partial charge on any atom is 0.247 e. The minimum atomic E-state index is -1.02. The van der Waals surface area contributed by atoms with Crippen molar-refractivity contribution in [3.8, 4) is 11.6 Å². The first kappa shape index (κ1) is 25.7. The van der Waals surface area contributed by atoms with Crippen molar-refractivity contribution in [3.63, 3.8) is 0 Å². The van der Waals surface area contributed by atoms with Crippen LogP contribution in [0, 0.1) is 12.7 Å². The van der Waals surface area contributed by atoms with E-state index in [9.17, 15) is 14.0 Å². The number of aromatic nitrogens is 4. The van der Waals surface area contributed by atoms with Crippen LogP contribution in [0.25, 0.3) is 11.6 Å². The Balaban J connectivity index is 1.69. The molecular formula is C27H29FN6O3. The fourth-order valence-electron chi connectivity index (χ4n) is 3.83. The number of nitrogens with zero attached hydrogens (tertiary/aromatic N) is 5. The molecule has 0 aliphatic carbocycles. The van der Waals surface area contributed by atoms with Crippen molar-refractivity contribution in [1.82, 2.24) is 30.4 Å². The van der Waals surface area contributed by atoms with Gasteiger partial charge in [-0.25, -0.2) is 4.39 Å². The highest BCUT2D eigenvalue weighted by atomic mass is 19.1. The molecule has 0 radical (unpaired) electrons. The molecule has 0 spiro atoms. The first-order chi connectivity index (χ1) is 17.6. The van der Waals surface area contributed by atoms with Crippen LogP contribution in [-0.4, -0.2) is 42.5 Å². The van der Waals surface area contributed by atoms with Crippen molar-refractivity contribution in [3.05, 3.63) is 89.4 Å². The van der Waals surface area contributed by atoms with E-state index in [2.05, 4.69) is 20.7 Å². The van der Waals surface area contributed by atoms with Gasteiger partial charge in [-0.05, 0) is 68.3 Å². The summed E-state index contributed by atoms with van der Waals surface area (Å²) in [5, 5.41) is 15.2. The van der Waals surface area contributed by atoms with Crippen LogP contribution in [0.4, 0.5) is 4.39 Å². The number of halogens is 1. The van der Waals surface area contributed by atoms with E-state index in [1.54, 1.807) is 19.1 Å². The number of aryl methyl sites for hydroxylation is 1. The Morgan fingerprint density at radius 3 is 2.38 bits per heavy atom. The summed E-state index contributed by atoms with van der Waals surface area (Å²) in [5.41, 5.74) is 0.746. The minimum absolute atomic E-state index is 0.137. The second kappa shape index (κ2) is 10.7. The van der Waals surface area contributed by atoms with Gasteiger partial charge in [0.2, 0.25) is 17.6 Å². The van der Waals surface area contributed by atoms with Crippen molar-refractivity contribution in [2.45, 2.75) is 52.4 Å². The van der Waals surface area contributed by atoms with Gasteiger partial charge in [-0.15, -0.1) is 10.2 Å². The van der Waals surface area contributed by atoms with E-state index in [1.165, 1.54) is 29.2 Å². The molecular weight excluding hydrogens is 475 g/mol. The summed E-state index contributed by atoms with van der Waals surface area (Å²) >= 11 is 0. The molecule has 1 N–H and O–H groups in total. The van der Waals surface area contributed by atoms with Crippen LogP contribution in [0.5, 0.6) is 0 Å². The number of tetrazole rings is 1. The lowest BCUT2D eigenvalue weighted by molar-refractivity contribution is -0.143. The third kappa shape index (κ3) is 6.66. The number of amides is 2. The van der Waals surface area contributed by atoms with E-state index in [4.69, 9.17) is 4.42 Å². The van der Waals surface area contributed by atoms with Crippen molar-refractivity contribution in [2.24, 2.45) is 0 Å². The van der Waals surface area contributed by atoms with Gasteiger partial charge in [0.1, 0.15) is 24.2 Å². The van der Waals surface area contributed by atoms with Crippen LogP contribution in [0.15, 0.2) is 71.1 Å². The second-order valence-electron chi connectivity index (χ2n) is 9.75. The summed E-state index contributed by atoms with van der Waals surface area (Å²) in [5.74, 6) is 0.140. The molecule has 2 heterocycles. The lowest BCUT2D eigenvalue weighted by Gasteiger charge is -2.33. The lowest BCUT2D eigenvalue weighted by Crippen LogP contribution is -2.49. The number of carbonyl (C=O) groups excluding carboxylic acids is 2. The number of rotatable bonds is 8. The van der Waals surface area contributed by atoms with Crippen LogP contribution >= 0.6 is 0 Å². The SMILES string of the molecule is Cc1ccc(-c2nnn(CC(=O)N(Cc3ccccc3)C(C(=O)NC(C)(C)C)c3ccc(F)cc3)n2)o1. The van der Waals surface area contributed by atoms with Crippen LogP contribution in [0.3, 0.4) is 0 Å². The van der Waals surface area contributed by atoms with E-state index >= 15 is 0 Å². The fraction of sp³-hybridized carbons (Fsp3) is 0.296. The molecule has 0 aliphatic heterocycles. The zero-order valence-electron chi connectivity index (χ0n) is 21.2. The van der Waals surface area contributed by atoms with E-state index in [0.29, 0.717) is 17.1 Å². The Bertz CT molecular complexity index is 1360. The second-order valence-corrected chi connectivity index (χ2v) is 9.75. The molecule has 2 aromatic heterocycles. The van der Waals surface area contributed by atoms with E-state index in [-0.39, 0.29) is 24.8 Å². The average molecular weight is 505 g/mol. The Morgan fingerprint density at radius 2 is 1.76 bits per heavy atom. The van der Waals surface area contributed by atoms with Gasteiger partial charge in [-0.3, -0.25) is 9.59 Å². The molecule has 9 nitrogen and oxygen atoms in total. The molecule has 10 heteroatoms. The number of carbonyl (C=O) groups is 2. The van der Waals surface area contributed by atoms with Gasteiger partial charge in [0.25, 0.3) is 0 Å². The molecule has 0 saturated heterocycles. The molecule has 0 aliphatic rings. The van der Waals surface area contributed by atoms with Gasteiger partial charge < -0.3 is 14.6 Å². The Morgan fingerprint density at radius 1 is 1.05 bits per heavy atom. The van der Waals surface area contributed by atoms with Crippen LogP contribution in [0.2, 0.25) is 0 Å². The van der Waals surface area contributed by atoms with Gasteiger partial charge >= 0.3 is 0 Å². The molecule has 2 amide bonds. The van der Waals surface area contributed by atoms with Crippen molar-refractivity contribution >= 4 is 11.8 Å². The molecule has 192 valence electrons. The summed E-state index contributed by atoms with van der Waals surface area (Å²) in [6.07, 6.45) is 0. The van der Waals surface area contributed by atoms with E-state index in [1.807, 2.05) is 51.1 Å². The number of benzene rings is 2. The predicted octanol–water partition coefficient (Wildman–Crippen LogP) is 4.07. The van der Waals surface area contributed by atoms with Gasteiger partial charge in [0.05, 0.1) is 0 Å².